The van der Waals surface area contributed by atoms with Gasteiger partial charge in [0.15, 0.2) is 0 Å². The number of hydrogen-bond donors (Lipinski definition) is 3. The van der Waals surface area contributed by atoms with Gasteiger partial charge in [0.05, 0.1) is 11.3 Å². The van der Waals surface area contributed by atoms with E-state index in [9.17, 15) is 4.79 Å². The van der Waals surface area contributed by atoms with Crippen molar-refractivity contribution >= 4 is 30.1 Å². The van der Waals surface area contributed by atoms with E-state index in [0.29, 0.717) is 0 Å². The highest BCUT2D eigenvalue weighted by Crippen LogP contribution is 2.41. The normalized spacial score (nSPS) is 30.9. The highest BCUT2D eigenvalue weighted by Gasteiger charge is 2.37. The number of hydrogen-bond acceptors (Lipinski definition) is 4. The molecule has 0 fully saturated rings. The molecular weight excluding hydrogens is 222 g/mol. The molecule has 2 aliphatic rings. The van der Waals surface area contributed by atoms with Crippen molar-refractivity contribution in [2.75, 3.05) is 13.1 Å². The first-order chi connectivity index (χ1) is 6.20. The number of halogens is 1. The molecule has 0 aromatic rings. The predicted molar refractivity (Wildman–Crippen MR) is 60.0 cm³/mol. The lowest BCUT2D eigenvalue weighted by atomic mass is 9.94. The van der Waals surface area contributed by atoms with Gasteiger partial charge in [0.1, 0.15) is 0 Å². The number of thioether (sulfide) groups is 1. The zero-order valence-electron chi connectivity index (χ0n) is 7.66. The Morgan fingerprint density at radius 1 is 1.57 bits per heavy atom. The number of primary amides is 1. The third kappa shape index (κ3) is 1.91. The van der Waals surface area contributed by atoms with Crippen molar-refractivity contribution in [3.63, 3.8) is 0 Å². The van der Waals surface area contributed by atoms with Crippen molar-refractivity contribution in [2.45, 2.75) is 11.8 Å². The molecule has 0 bridgehead atoms. The molecule has 0 aromatic carbocycles. The Hall–Kier alpha value is -0.230. The zero-order chi connectivity index (χ0) is 9.42. The molecule has 2 rings (SSSR count). The molecule has 0 aliphatic carbocycles. The molecule has 2 heterocycles. The molecule has 0 radical (unpaired) electrons. The van der Waals surface area contributed by atoms with Gasteiger partial charge in [-0.2, -0.15) is 0 Å². The number of amides is 1. The fraction of sp³-hybridized carbons (Fsp3) is 0.625. The van der Waals surface area contributed by atoms with Crippen LogP contribution in [0.4, 0.5) is 0 Å². The molecule has 1 amide bonds. The van der Waals surface area contributed by atoms with Crippen LogP contribution in [0.3, 0.4) is 0 Å². The van der Waals surface area contributed by atoms with E-state index in [4.69, 9.17) is 11.5 Å². The van der Waals surface area contributed by atoms with Gasteiger partial charge in [-0.05, 0) is 18.5 Å². The summed E-state index contributed by atoms with van der Waals surface area (Å²) >= 11 is 1.58. The molecular formula is C8H14ClN3OS. The van der Waals surface area contributed by atoms with Gasteiger partial charge >= 0.3 is 0 Å². The number of carbonyl (C=O) groups is 1. The summed E-state index contributed by atoms with van der Waals surface area (Å²) in [5, 5.41) is 3.09. The van der Waals surface area contributed by atoms with E-state index in [2.05, 4.69) is 5.32 Å². The minimum atomic E-state index is -0.285. The smallest absolute Gasteiger partial charge is 0.227 e. The maximum Gasteiger partial charge on any atom is 0.227 e. The molecule has 2 aliphatic heterocycles. The summed E-state index contributed by atoms with van der Waals surface area (Å²) in [6, 6.07) is 0. The molecule has 0 saturated carbocycles. The van der Waals surface area contributed by atoms with Gasteiger partial charge in [-0.1, -0.05) is 0 Å². The number of carbonyl (C=O) groups excluding carboxylic acids is 1. The quantitative estimate of drug-likeness (QED) is 0.588. The summed E-state index contributed by atoms with van der Waals surface area (Å²) in [6.07, 6.45) is 0.906. The minimum Gasteiger partial charge on any atom is -0.369 e. The van der Waals surface area contributed by atoms with E-state index in [1.807, 2.05) is 0 Å². The molecule has 14 heavy (non-hydrogen) atoms. The van der Waals surface area contributed by atoms with Crippen LogP contribution in [-0.2, 0) is 4.79 Å². The topological polar surface area (TPSA) is 81.1 Å². The highest BCUT2D eigenvalue weighted by molar-refractivity contribution is 8.04. The van der Waals surface area contributed by atoms with E-state index < -0.39 is 0 Å². The van der Waals surface area contributed by atoms with Gasteiger partial charge in [-0.3, -0.25) is 4.79 Å². The Balaban J connectivity index is 0.000000980. The van der Waals surface area contributed by atoms with Crippen molar-refractivity contribution in [3.05, 3.63) is 10.5 Å². The first kappa shape index (κ1) is 11.8. The average molecular weight is 236 g/mol. The zero-order valence-corrected chi connectivity index (χ0v) is 9.29. The molecule has 2 unspecified atom stereocenters. The summed E-state index contributed by atoms with van der Waals surface area (Å²) in [6.45, 7) is 1.77. The third-order valence-electron chi connectivity index (χ3n) is 2.50. The van der Waals surface area contributed by atoms with Crippen LogP contribution in [0.1, 0.15) is 6.42 Å². The van der Waals surface area contributed by atoms with Crippen molar-refractivity contribution in [3.8, 4) is 0 Å². The van der Waals surface area contributed by atoms with Gasteiger partial charge in [-0.25, -0.2) is 0 Å². The first-order valence-corrected chi connectivity index (χ1v) is 5.22. The lowest BCUT2D eigenvalue weighted by Gasteiger charge is -2.17. The van der Waals surface area contributed by atoms with Crippen molar-refractivity contribution in [1.82, 2.24) is 5.32 Å². The molecule has 0 spiro atoms. The second-order valence-electron chi connectivity index (χ2n) is 3.34. The molecule has 2 atom stereocenters. The van der Waals surface area contributed by atoms with Crippen LogP contribution in [0.2, 0.25) is 0 Å². The minimum absolute atomic E-state index is 0. The molecule has 0 aromatic heterocycles. The third-order valence-corrected chi connectivity index (χ3v) is 3.74. The van der Waals surface area contributed by atoms with E-state index in [1.165, 1.54) is 10.5 Å². The van der Waals surface area contributed by atoms with Crippen molar-refractivity contribution in [2.24, 2.45) is 17.4 Å². The molecule has 6 heteroatoms. The molecule has 5 N–H and O–H groups in total. The maximum absolute atomic E-state index is 11.1. The SMILES string of the molecule is Cl.NC(=O)C1C2=C(CNCC2)SC1N. The van der Waals surface area contributed by atoms with Gasteiger partial charge in [0.2, 0.25) is 5.91 Å². The number of nitrogens with two attached hydrogens (primary N) is 2. The Bertz CT molecular complexity index is 282. The van der Waals surface area contributed by atoms with Crippen LogP contribution >= 0.6 is 24.2 Å². The van der Waals surface area contributed by atoms with Crippen LogP contribution in [-0.4, -0.2) is 24.4 Å². The summed E-state index contributed by atoms with van der Waals surface area (Å²) in [4.78, 5) is 12.4. The second-order valence-corrected chi connectivity index (χ2v) is 4.61. The largest absolute Gasteiger partial charge is 0.369 e. The van der Waals surface area contributed by atoms with Gasteiger partial charge in [-0.15, -0.1) is 24.2 Å². The highest BCUT2D eigenvalue weighted by atomic mass is 35.5. The van der Waals surface area contributed by atoms with E-state index in [-0.39, 0.29) is 29.6 Å². The van der Waals surface area contributed by atoms with Crippen LogP contribution in [0.15, 0.2) is 10.5 Å². The number of nitrogens with one attached hydrogen (secondary N) is 1. The van der Waals surface area contributed by atoms with Crippen LogP contribution in [0.5, 0.6) is 0 Å². The summed E-state index contributed by atoms with van der Waals surface area (Å²) in [5.41, 5.74) is 12.3. The predicted octanol–water partition coefficient (Wildman–Crippen LogP) is -0.211. The summed E-state index contributed by atoms with van der Waals surface area (Å²) in [7, 11) is 0. The maximum atomic E-state index is 11.1. The fourth-order valence-corrected chi connectivity index (χ4v) is 3.22. The van der Waals surface area contributed by atoms with Crippen LogP contribution < -0.4 is 16.8 Å². The summed E-state index contributed by atoms with van der Waals surface area (Å²) in [5.74, 6) is -0.519. The Labute approximate surface area is 93.3 Å². The number of rotatable bonds is 1. The van der Waals surface area contributed by atoms with Crippen molar-refractivity contribution < 1.29 is 4.79 Å². The molecule has 4 nitrogen and oxygen atoms in total. The summed E-state index contributed by atoms with van der Waals surface area (Å²) < 4.78 is 0. The average Bonchev–Trinajstić information content (AvgIpc) is 2.39. The molecule has 0 saturated heterocycles. The van der Waals surface area contributed by atoms with Gasteiger partial charge < -0.3 is 16.8 Å². The Kier molecular flexibility index (Phi) is 3.83. The van der Waals surface area contributed by atoms with Gasteiger partial charge in [0.25, 0.3) is 0 Å². The second kappa shape index (κ2) is 4.53. The van der Waals surface area contributed by atoms with Gasteiger partial charge in [0, 0.05) is 11.4 Å². The molecule has 80 valence electrons. The first-order valence-electron chi connectivity index (χ1n) is 4.34. The van der Waals surface area contributed by atoms with Crippen molar-refractivity contribution in [1.29, 1.82) is 0 Å². The lowest BCUT2D eigenvalue weighted by Crippen LogP contribution is -2.36. The monoisotopic (exact) mass is 235 g/mol. The van der Waals surface area contributed by atoms with E-state index in [0.717, 1.165) is 19.5 Å². The lowest BCUT2D eigenvalue weighted by molar-refractivity contribution is -0.120. The Morgan fingerprint density at radius 3 is 2.93 bits per heavy atom. The van der Waals surface area contributed by atoms with Crippen LogP contribution in [0.25, 0.3) is 0 Å². The standard InChI is InChI=1S/C8H13N3OS.ClH/c9-7(12)6-4-1-2-11-3-5(4)13-8(6)10;/h6,8,11H,1-3,10H2,(H2,9,12);1H. The van der Waals surface area contributed by atoms with E-state index >= 15 is 0 Å². The van der Waals surface area contributed by atoms with Crippen LogP contribution in [0, 0.1) is 5.92 Å². The fourth-order valence-electron chi connectivity index (χ4n) is 1.89. The Morgan fingerprint density at radius 2 is 2.29 bits per heavy atom. The van der Waals surface area contributed by atoms with E-state index in [1.54, 1.807) is 11.8 Å².